The van der Waals surface area contributed by atoms with Gasteiger partial charge in [0.15, 0.2) is 0 Å². The summed E-state index contributed by atoms with van der Waals surface area (Å²) in [7, 11) is 0. The van der Waals surface area contributed by atoms with Crippen LogP contribution in [0, 0.1) is 20.8 Å². The van der Waals surface area contributed by atoms with Crippen molar-refractivity contribution in [3.8, 4) is 0 Å². The Kier molecular flexibility index (Phi) is 5.55. The van der Waals surface area contributed by atoms with E-state index in [1.807, 2.05) is 0 Å². The van der Waals surface area contributed by atoms with Gasteiger partial charge < -0.3 is 9.47 Å². The average Bonchev–Trinajstić information content (AvgIpc) is 3.13. The molecule has 0 saturated carbocycles. The Morgan fingerprint density at radius 1 is 1.08 bits per heavy atom. The molecule has 0 aliphatic carbocycles. The van der Waals surface area contributed by atoms with Gasteiger partial charge in [-0.25, -0.2) is 4.98 Å². The summed E-state index contributed by atoms with van der Waals surface area (Å²) in [5, 5.41) is 0. The quantitative estimate of drug-likeness (QED) is 0.625. The molecule has 26 heavy (non-hydrogen) atoms. The van der Waals surface area contributed by atoms with Gasteiger partial charge in [-0.05, 0) is 56.7 Å². The van der Waals surface area contributed by atoms with Gasteiger partial charge in [-0.1, -0.05) is 51.0 Å². The number of fused-ring (bicyclic) bond motifs is 1. The Morgan fingerprint density at radius 2 is 1.77 bits per heavy atom. The molecule has 0 fully saturated rings. The Labute approximate surface area is 158 Å². The first kappa shape index (κ1) is 18.8. The molecule has 3 heteroatoms. The van der Waals surface area contributed by atoms with Crippen LogP contribution in [0.25, 0.3) is 5.57 Å². The normalized spacial score (nSPS) is 14.2. The third-order valence-electron chi connectivity index (χ3n) is 5.32. The molecule has 2 heterocycles. The predicted octanol–water partition coefficient (Wildman–Crippen LogP) is 6.12. The van der Waals surface area contributed by atoms with Crippen molar-refractivity contribution in [2.45, 2.75) is 73.8 Å². The van der Waals surface area contributed by atoms with Crippen molar-refractivity contribution >= 4 is 17.2 Å². The van der Waals surface area contributed by atoms with Gasteiger partial charge >= 0.3 is 0 Å². The summed E-state index contributed by atoms with van der Waals surface area (Å²) in [6, 6.07) is 4.57. The first-order valence-corrected chi connectivity index (χ1v) is 10.2. The number of anilines is 2. The minimum Gasteiger partial charge on any atom is -0.310 e. The Hall–Kier alpha value is -2.03. The monoisotopic (exact) mass is 351 g/mol. The van der Waals surface area contributed by atoms with Crippen LogP contribution in [-0.2, 0) is 13.0 Å². The number of imidazole rings is 1. The van der Waals surface area contributed by atoms with Gasteiger partial charge in [0.1, 0.15) is 0 Å². The summed E-state index contributed by atoms with van der Waals surface area (Å²) < 4.78 is 2.47. The predicted molar refractivity (Wildman–Crippen MR) is 112 cm³/mol. The van der Waals surface area contributed by atoms with Crippen LogP contribution in [0.5, 0.6) is 0 Å². The van der Waals surface area contributed by atoms with Crippen molar-refractivity contribution in [1.82, 2.24) is 9.55 Å². The number of aryl methyl sites for hydroxylation is 4. The molecule has 0 N–H and O–H groups in total. The zero-order valence-electron chi connectivity index (χ0n) is 17.3. The van der Waals surface area contributed by atoms with Crippen LogP contribution in [0.4, 0.5) is 11.6 Å². The molecular weight excluding hydrogens is 318 g/mol. The number of hydrogen-bond donors (Lipinski definition) is 0. The Morgan fingerprint density at radius 3 is 2.35 bits per heavy atom. The highest BCUT2D eigenvalue weighted by atomic mass is 15.4. The number of aromatic nitrogens is 2. The molecule has 1 aromatic heterocycles. The van der Waals surface area contributed by atoms with E-state index >= 15 is 0 Å². The van der Waals surface area contributed by atoms with Crippen molar-refractivity contribution in [3.63, 3.8) is 0 Å². The van der Waals surface area contributed by atoms with Gasteiger partial charge in [0, 0.05) is 18.8 Å². The van der Waals surface area contributed by atoms with Gasteiger partial charge in [-0.2, -0.15) is 0 Å². The number of hydrogen-bond acceptors (Lipinski definition) is 2. The summed E-state index contributed by atoms with van der Waals surface area (Å²) in [5.41, 5.74) is 9.47. The van der Waals surface area contributed by atoms with Crippen LogP contribution in [0.15, 0.2) is 18.2 Å². The van der Waals surface area contributed by atoms with Crippen LogP contribution < -0.4 is 4.90 Å². The molecule has 0 spiro atoms. The maximum atomic E-state index is 5.11. The van der Waals surface area contributed by atoms with Gasteiger partial charge in [-0.3, -0.25) is 0 Å². The lowest BCUT2D eigenvalue weighted by atomic mass is 10.0. The van der Waals surface area contributed by atoms with E-state index in [0.717, 1.165) is 38.3 Å². The fourth-order valence-corrected chi connectivity index (χ4v) is 4.46. The van der Waals surface area contributed by atoms with Crippen LogP contribution in [0.3, 0.4) is 0 Å². The second-order valence-electron chi connectivity index (χ2n) is 7.50. The largest absolute Gasteiger partial charge is 0.310 e. The number of benzene rings is 1. The van der Waals surface area contributed by atoms with E-state index in [4.69, 9.17) is 4.98 Å². The van der Waals surface area contributed by atoms with Crippen molar-refractivity contribution in [2.75, 3.05) is 11.4 Å². The van der Waals surface area contributed by atoms with Crippen LogP contribution in [0.2, 0.25) is 0 Å². The van der Waals surface area contributed by atoms with E-state index < -0.39 is 0 Å². The first-order valence-electron chi connectivity index (χ1n) is 10.2. The standard InChI is InChI=1S/C23H33N3/c1-7-10-19(11-8-2)22-20(9-3)24-23-25(12-13-26(22)23)21-17(5)14-16(4)15-18(21)6/h10,14-15H,7-9,11-13H2,1-6H3/b19-10-. The van der Waals surface area contributed by atoms with Crippen molar-refractivity contribution in [1.29, 1.82) is 0 Å². The maximum Gasteiger partial charge on any atom is 0.210 e. The van der Waals surface area contributed by atoms with Gasteiger partial charge in [0.2, 0.25) is 5.95 Å². The zero-order valence-corrected chi connectivity index (χ0v) is 17.3. The molecule has 0 atom stereocenters. The van der Waals surface area contributed by atoms with Crippen LogP contribution >= 0.6 is 0 Å². The molecule has 3 nitrogen and oxygen atoms in total. The van der Waals surface area contributed by atoms with Gasteiger partial charge in [0.05, 0.1) is 11.4 Å². The van der Waals surface area contributed by atoms with Crippen LogP contribution in [-0.4, -0.2) is 16.1 Å². The molecule has 0 amide bonds. The molecule has 3 rings (SSSR count). The average molecular weight is 352 g/mol. The Bertz CT molecular complexity index is 803. The highest BCUT2D eigenvalue weighted by Gasteiger charge is 2.29. The molecule has 0 bridgehead atoms. The van der Waals surface area contributed by atoms with E-state index in [1.165, 1.54) is 45.8 Å². The molecule has 0 unspecified atom stereocenters. The molecule has 1 aliphatic rings. The SMILES string of the molecule is CC/C=C(/CCC)c1c(CC)nc2n1CCN2c1c(C)cc(C)cc1C. The van der Waals surface area contributed by atoms with Crippen molar-refractivity contribution in [3.05, 3.63) is 46.3 Å². The first-order chi connectivity index (χ1) is 12.5. The zero-order chi connectivity index (χ0) is 18.8. The van der Waals surface area contributed by atoms with E-state index in [0.29, 0.717) is 0 Å². The topological polar surface area (TPSA) is 21.1 Å². The Balaban J connectivity index is 2.12. The molecule has 1 aromatic carbocycles. The molecule has 2 aromatic rings. The van der Waals surface area contributed by atoms with E-state index in [-0.39, 0.29) is 0 Å². The molecule has 0 saturated heterocycles. The lowest BCUT2D eigenvalue weighted by molar-refractivity contribution is 0.775. The second kappa shape index (κ2) is 7.69. The highest BCUT2D eigenvalue weighted by Crippen LogP contribution is 2.38. The molecule has 1 aliphatic heterocycles. The van der Waals surface area contributed by atoms with Gasteiger partial charge in [-0.15, -0.1) is 0 Å². The van der Waals surface area contributed by atoms with Crippen molar-refractivity contribution in [2.24, 2.45) is 0 Å². The highest BCUT2D eigenvalue weighted by molar-refractivity contribution is 5.73. The number of rotatable bonds is 6. The second-order valence-corrected chi connectivity index (χ2v) is 7.50. The lowest BCUT2D eigenvalue weighted by Crippen LogP contribution is -2.17. The third-order valence-corrected chi connectivity index (χ3v) is 5.32. The molecule has 0 radical (unpaired) electrons. The summed E-state index contributed by atoms with van der Waals surface area (Å²) >= 11 is 0. The summed E-state index contributed by atoms with van der Waals surface area (Å²) in [6.07, 6.45) is 6.78. The lowest BCUT2D eigenvalue weighted by Gasteiger charge is -2.22. The number of nitrogens with zero attached hydrogens (tertiary/aromatic N) is 3. The van der Waals surface area contributed by atoms with E-state index in [2.05, 4.69) is 69.2 Å². The molecule has 140 valence electrons. The van der Waals surface area contributed by atoms with E-state index in [9.17, 15) is 0 Å². The van der Waals surface area contributed by atoms with Crippen LogP contribution in [0.1, 0.15) is 68.1 Å². The van der Waals surface area contributed by atoms with E-state index in [1.54, 1.807) is 0 Å². The summed E-state index contributed by atoms with van der Waals surface area (Å²) in [4.78, 5) is 7.54. The van der Waals surface area contributed by atoms with Crippen molar-refractivity contribution < 1.29 is 0 Å². The maximum absolute atomic E-state index is 5.11. The summed E-state index contributed by atoms with van der Waals surface area (Å²) in [6.45, 7) is 15.4. The van der Waals surface area contributed by atoms with Gasteiger partial charge in [0.25, 0.3) is 0 Å². The third kappa shape index (κ3) is 3.20. The summed E-state index contributed by atoms with van der Waals surface area (Å²) in [5.74, 6) is 1.13. The fraction of sp³-hybridized carbons (Fsp3) is 0.522. The minimum atomic E-state index is 0.986. The number of allylic oxidation sites excluding steroid dienone is 2. The minimum absolute atomic E-state index is 0.986. The fourth-order valence-electron chi connectivity index (χ4n) is 4.46. The smallest absolute Gasteiger partial charge is 0.210 e. The molecular formula is C23H33N3.